The molecule has 0 aliphatic carbocycles. The van der Waals surface area contributed by atoms with Gasteiger partial charge in [0.2, 0.25) is 11.8 Å². The second-order valence-electron chi connectivity index (χ2n) is 5.56. The molecule has 0 radical (unpaired) electrons. The maximum absolute atomic E-state index is 12.5. The summed E-state index contributed by atoms with van der Waals surface area (Å²) in [5, 5.41) is 9.85. The number of hydrogen-bond donors (Lipinski definition) is 0. The quantitative estimate of drug-likeness (QED) is 0.861. The zero-order valence-electron chi connectivity index (χ0n) is 12.8. The summed E-state index contributed by atoms with van der Waals surface area (Å²) >= 11 is 1.29. The molecule has 1 aliphatic rings. The van der Waals surface area contributed by atoms with E-state index >= 15 is 0 Å². The van der Waals surface area contributed by atoms with E-state index in [9.17, 15) is 4.79 Å². The fourth-order valence-electron chi connectivity index (χ4n) is 2.26. The van der Waals surface area contributed by atoms with Crippen LogP contribution in [0.4, 0.5) is 0 Å². The van der Waals surface area contributed by atoms with E-state index in [0.717, 1.165) is 5.69 Å². The van der Waals surface area contributed by atoms with Crippen molar-refractivity contribution in [3.05, 3.63) is 28.4 Å². The number of amides is 1. The third-order valence-corrected chi connectivity index (χ3v) is 4.28. The highest BCUT2D eigenvalue weighted by molar-refractivity contribution is 7.03. The lowest BCUT2D eigenvalue weighted by Gasteiger charge is -2.31. The molecule has 1 aliphatic heterocycles. The second kappa shape index (κ2) is 6.13. The number of hydrogen-bond acceptors (Lipinski definition) is 7. The summed E-state index contributed by atoms with van der Waals surface area (Å²) in [6.07, 6.45) is -0.371. The summed E-state index contributed by atoms with van der Waals surface area (Å²) in [5.41, 5.74) is 1.41. The van der Waals surface area contributed by atoms with Crippen LogP contribution >= 0.6 is 11.5 Å². The van der Waals surface area contributed by atoms with Gasteiger partial charge in [0, 0.05) is 17.8 Å². The van der Waals surface area contributed by atoms with Gasteiger partial charge in [0.1, 0.15) is 0 Å². The Bertz CT molecular complexity index is 667. The van der Waals surface area contributed by atoms with Gasteiger partial charge in [-0.2, -0.15) is 4.37 Å². The highest BCUT2D eigenvalue weighted by Crippen LogP contribution is 2.24. The summed E-state index contributed by atoms with van der Waals surface area (Å²) in [6.45, 7) is 7.23. The predicted molar refractivity (Wildman–Crippen MR) is 79.8 cm³/mol. The summed E-state index contributed by atoms with van der Waals surface area (Å²) < 4.78 is 15.5. The third-order valence-electron chi connectivity index (χ3n) is 3.56. The first kappa shape index (κ1) is 15.1. The molecular weight excluding hydrogens is 304 g/mol. The molecule has 118 valence electrons. The molecule has 1 atom stereocenters. The molecule has 2 aromatic heterocycles. The fourth-order valence-corrected chi connectivity index (χ4v) is 2.95. The van der Waals surface area contributed by atoms with Crippen LogP contribution in [-0.4, -0.2) is 45.1 Å². The lowest BCUT2D eigenvalue weighted by atomic mass is 10.2. The van der Waals surface area contributed by atoms with Gasteiger partial charge in [-0.3, -0.25) is 4.79 Å². The van der Waals surface area contributed by atoms with E-state index in [0.29, 0.717) is 37.0 Å². The van der Waals surface area contributed by atoms with E-state index in [4.69, 9.17) is 9.15 Å². The minimum absolute atomic E-state index is 0.0249. The number of rotatable bonds is 3. The van der Waals surface area contributed by atoms with Crippen molar-refractivity contribution in [2.24, 2.45) is 0 Å². The van der Waals surface area contributed by atoms with Crippen molar-refractivity contribution < 1.29 is 13.9 Å². The van der Waals surface area contributed by atoms with Gasteiger partial charge in [-0.25, -0.2) is 0 Å². The highest BCUT2D eigenvalue weighted by atomic mass is 32.1. The SMILES string of the molecule is Cc1nscc1C(=O)N1CCO[C@@H](c2nnc(C(C)C)o2)C1. The molecule has 0 N–H and O–H groups in total. The molecule has 0 unspecified atom stereocenters. The fraction of sp³-hybridized carbons (Fsp3) is 0.571. The molecule has 22 heavy (non-hydrogen) atoms. The predicted octanol–water partition coefficient (Wildman–Crippen LogP) is 2.17. The summed E-state index contributed by atoms with van der Waals surface area (Å²) in [7, 11) is 0. The van der Waals surface area contributed by atoms with E-state index in [-0.39, 0.29) is 17.9 Å². The topological polar surface area (TPSA) is 81.4 Å². The molecule has 1 amide bonds. The Labute approximate surface area is 132 Å². The van der Waals surface area contributed by atoms with Crippen molar-refractivity contribution in [2.45, 2.75) is 32.8 Å². The first-order chi connectivity index (χ1) is 10.6. The molecule has 7 nitrogen and oxygen atoms in total. The maximum atomic E-state index is 12.5. The van der Waals surface area contributed by atoms with Crippen LogP contribution in [0.5, 0.6) is 0 Å². The van der Waals surface area contributed by atoms with Crippen molar-refractivity contribution in [1.82, 2.24) is 19.5 Å². The van der Waals surface area contributed by atoms with Crippen LogP contribution < -0.4 is 0 Å². The maximum Gasteiger partial charge on any atom is 0.256 e. The van der Waals surface area contributed by atoms with Gasteiger partial charge in [-0.05, 0) is 18.5 Å². The van der Waals surface area contributed by atoms with Gasteiger partial charge in [-0.1, -0.05) is 13.8 Å². The number of nitrogens with zero attached hydrogens (tertiary/aromatic N) is 4. The summed E-state index contributed by atoms with van der Waals surface area (Å²) in [5.74, 6) is 1.16. The van der Waals surface area contributed by atoms with E-state index < -0.39 is 0 Å². The monoisotopic (exact) mass is 322 g/mol. The van der Waals surface area contributed by atoms with Crippen LogP contribution in [0, 0.1) is 6.92 Å². The second-order valence-corrected chi connectivity index (χ2v) is 6.19. The van der Waals surface area contributed by atoms with E-state index in [1.807, 2.05) is 20.8 Å². The molecule has 0 spiro atoms. The number of carbonyl (C=O) groups excluding carboxylic acids is 1. The third kappa shape index (κ3) is 2.89. The smallest absolute Gasteiger partial charge is 0.256 e. The number of carbonyl (C=O) groups is 1. The Balaban J connectivity index is 1.73. The Kier molecular flexibility index (Phi) is 4.21. The number of ether oxygens (including phenoxy) is 1. The zero-order chi connectivity index (χ0) is 15.7. The van der Waals surface area contributed by atoms with Gasteiger partial charge in [-0.15, -0.1) is 10.2 Å². The lowest BCUT2D eigenvalue weighted by molar-refractivity contribution is -0.0351. The van der Waals surface area contributed by atoms with Crippen molar-refractivity contribution in [1.29, 1.82) is 0 Å². The van der Waals surface area contributed by atoms with Crippen molar-refractivity contribution in [3.63, 3.8) is 0 Å². The molecule has 0 bridgehead atoms. The molecule has 3 rings (SSSR count). The van der Waals surface area contributed by atoms with Crippen molar-refractivity contribution >= 4 is 17.4 Å². The first-order valence-electron chi connectivity index (χ1n) is 7.21. The average Bonchev–Trinajstić information content (AvgIpc) is 3.15. The van der Waals surface area contributed by atoms with E-state index in [1.54, 1.807) is 10.3 Å². The van der Waals surface area contributed by atoms with Gasteiger partial charge < -0.3 is 14.1 Å². The van der Waals surface area contributed by atoms with Gasteiger partial charge in [0.15, 0.2) is 6.10 Å². The van der Waals surface area contributed by atoms with Gasteiger partial charge >= 0.3 is 0 Å². The molecule has 0 saturated carbocycles. The minimum Gasteiger partial charge on any atom is -0.422 e. The molecule has 1 fully saturated rings. The summed E-state index contributed by atoms with van der Waals surface area (Å²) in [4.78, 5) is 14.3. The number of aryl methyl sites for hydroxylation is 1. The average molecular weight is 322 g/mol. The van der Waals surface area contributed by atoms with Crippen molar-refractivity contribution in [3.8, 4) is 0 Å². The molecule has 3 heterocycles. The highest BCUT2D eigenvalue weighted by Gasteiger charge is 2.30. The summed E-state index contributed by atoms with van der Waals surface area (Å²) in [6, 6.07) is 0. The standard InChI is InChI=1S/C14H18N4O3S/c1-8(2)12-15-16-13(21-12)11-6-18(4-5-20-11)14(19)10-7-22-17-9(10)3/h7-8,11H,4-6H2,1-3H3/t11-/m1/s1. The number of morpholine rings is 1. The van der Waals surface area contributed by atoms with Crippen LogP contribution in [0.25, 0.3) is 0 Å². The first-order valence-corrected chi connectivity index (χ1v) is 8.05. The lowest BCUT2D eigenvalue weighted by Crippen LogP contribution is -2.42. The molecule has 1 saturated heterocycles. The molecule has 8 heteroatoms. The van der Waals surface area contributed by atoms with Crippen LogP contribution in [0.1, 0.15) is 53.7 Å². The van der Waals surface area contributed by atoms with Crippen molar-refractivity contribution in [2.75, 3.05) is 19.7 Å². The van der Waals surface area contributed by atoms with Gasteiger partial charge in [0.25, 0.3) is 5.91 Å². The van der Waals surface area contributed by atoms with Crippen LogP contribution in [0.3, 0.4) is 0 Å². The Morgan fingerprint density at radius 3 is 2.91 bits per heavy atom. The molecule has 0 aromatic carbocycles. The van der Waals surface area contributed by atoms with Crippen LogP contribution in [0.15, 0.2) is 9.80 Å². The van der Waals surface area contributed by atoms with Crippen LogP contribution in [0.2, 0.25) is 0 Å². The molecule has 2 aromatic rings. The largest absolute Gasteiger partial charge is 0.422 e. The Hall–Kier alpha value is -1.80. The van der Waals surface area contributed by atoms with E-state index in [2.05, 4.69) is 14.6 Å². The Morgan fingerprint density at radius 1 is 1.45 bits per heavy atom. The molecular formula is C14H18N4O3S. The normalized spacial score (nSPS) is 18.9. The number of aromatic nitrogens is 3. The Morgan fingerprint density at radius 2 is 2.27 bits per heavy atom. The van der Waals surface area contributed by atoms with Gasteiger partial charge in [0.05, 0.1) is 24.4 Å². The zero-order valence-corrected chi connectivity index (χ0v) is 13.6. The minimum atomic E-state index is -0.371. The van der Waals surface area contributed by atoms with Crippen LogP contribution in [-0.2, 0) is 4.74 Å². The van der Waals surface area contributed by atoms with E-state index in [1.165, 1.54) is 11.5 Å².